The second-order valence-electron chi connectivity index (χ2n) is 5.33. The third-order valence-electron chi connectivity index (χ3n) is 3.60. The summed E-state index contributed by atoms with van der Waals surface area (Å²) in [6.07, 6.45) is 4.14. The fraction of sp³-hybridized carbons (Fsp3) is 0.500. The summed E-state index contributed by atoms with van der Waals surface area (Å²) in [6.45, 7) is 9.23. The van der Waals surface area contributed by atoms with Crippen LogP contribution in [0.1, 0.15) is 25.4 Å². The van der Waals surface area contributed by atoms with E-state index in [9.17, 15) is 0 Å². The van der Waals surface area contributed by atoms with E-state index in [1.807, 2.05) is 24.3 Å². The molecule has 0 aliphatic heterocycles. The van der Waals surface area contributed by atoms with Crippen LogP contribution in [0.3, 0.4) is 0 Å². The van der Waals surface area contributed by atoms with Crippen LogP contribution in [0.15, 0.2) is 45.6 Å². The first kappa shape index (κ1) is 17.0. The van der Waals surface area contributed by atoms with E-state index in [0.29, 0.717) is 13.2 Å². The van der Waals surface area contributed by atoms with Gasteiger partial charge in [0.25, 0.3) is 0 Å². The van der Waals surface area contributed by atoms with Crippen molar-refractivity contribution < 1.29 is 17.7 Å². The van der Waals surface area contributed by atoms with Crippen LogP contribution in [-0.4, -0.2) is 32.7 Å². The molecule has 2 aromatic heterocycles. The molecule has 122 valence electrons. The van der Waals surface area contributed by atoms with Gasteiger partial charge in [-0.3, -0.25) is 0 Å². The first-order valence-electron chi connectivity index (χ1n) is 7.70. The topological polar surface area (TPSA) is 48.0 Å². The molecule has 2 aromatic rings. The van der Waals surface area contributed by atoms with Crippen LogP contribution in [0.25, 0.3) is 0 Å². The Balaban J connectivity index is 1.97. The van der Waals surface area contributed by atoms with Crippen LogP contribution < -0.4 is 0 Å². The van der Waals surface area contributed by atoms with Crippen molar-refractivity contribution >= 4 is 8.56 Å². The summed E-state index contributed by atoms with van der Waals surface area (Å²) < 4.78 is 23.0. The molecule has 2 rings (SSSR count). The van der Waals surface area contributed by atoms with Gasteiger partial charge in [-0.25, -0.2) is 0 Å². The Hall–Kier alpha value is -1.34. The molecule has 0 aromatic carbocycles. The van der Waals surface area contributed by atoms with E-state index in [2.05, 4.69) is 25.3 Å². The minimum Gasteiger partial charge on any atom is -0.467 e. The van der Waals surface area contributed by atoms with Crippen molar-refractivity contribution in [3.8, 4) is 0 Å². The fourth-order valence-corrected chi connectivity index (χ4v) is 4.64. The highest BCUT2D eigenvalue weighted by molar-refractivity contribution is 6.66. The number of furan rings is 2. The summed E-state index contributed by atoms with van der Waals surface area (Å²) in [4.78, 5) is 2.33. The highest BCUT2D eigenvalue weighted by Gasteiger charge is 2.34. The third kappa shape index (κ3) is 5.13. The lowest BCUT2D eigenvalue weighted by Crippen LogP contribution is -2.50. The van der Waals surface area contributed by atoms with Gasteiger partial charge in [-0.1, -0.05) is 13.8 Å². The van der Waals surface area contributed by atoms with E-state index in [1.165, 1.54) is 0 Å². The van der Waals surface area contributed by atoms with Crippen molar-refractivity contribution in [1.82, 2.24) is 4.90 Å². The van der Waals surface area contributed by atoms with Gasteiger partial charge in [0, 0.05) is 6.17 Å². The van der Waals surface area contributed by atoms with E-state index >= 15 is 0 Å². The van der Waals surface area contributed by atoms with Crippen LogP contribution in [0.5, 0.6) is 0 Å². The molecular formula is C16H25NO4Si. The summed E-state index contributed by atoms with van der Waals surface area (Å²) in [5, 5.41) is 0. The van der Waals surface area contributed by atoms with Gasteiger partial charge < -0.3 is 22.6 Å². The average molecular weight is 323 g/mol. The lowest BCUT2D eigenvalue weighted by Gasteiger charge is -2.31. The van der Waals surface area contributed by atoms with E-state index in [0.717, 1.165) is 30.8 Å². The Kier molecular flexibility index (Phi) is 6.44. The third-order valence-corrected chi connectivity index (χ3v) is 6.14. The molecule has 0 saturated heterocycles. The maximum Gasteiger partial charge on any atom is 0.350 e. The van der Waals surface area contributed by atoms with Crippen LogP contribution in [-0.2, 0) is 22.1 Å². The van der Waals surface area contributed by atoms with Crippen LogP contribution in [0.4, 0.5) is 0 Å². The Morgan fingerprint density at radius 2 is 1.45 bits per heavy atom. The van der Waals surface area contributed by atoms with Gasteiger partial charge in [0.1, 0.15) is 11.5 Å². The van der Waals surface area contributed by atoms with E-state index in [1.54, 1.807) is 12.5 Å². The van der Waals surface area contributed by atoms with Gasteiger partial charge in [0.05, 0.1) is 25.7 Å². The van der Waals surface area contributed by atoms with Crippen molar-refractivity contribution in [2.75, 3.05) is 19.3 Å². The van der Waals surface area contributed by atoms with Gasteiger partial charge >= 0.3 is 8.56 Å². The number of hydrogen-bond donors (Lipinski definition) is 0. The summed E-state index contributed by atoms with van der Waals surface area (Å²) >= 11 is 0. The normalized spacial score (nSPS) is 12.2. The number of nitrogens with zero attached hydrogens (tertiary/aromatic N) is 1. The lowest BCUT2D eigenvalue weighted by atomic mass is 10.5. The lowest BCUT2D eigenvalue weighted by molar-refractivity contribution is 0.125. The molecule has 0 saturated carbocycles. The molecule has 0 fully saturated rings. The monoisotopic (exact) mass is 323 g/mol. The molecule has 2 heterocycles. The van der Waals surface area contributed by atoms with E-state index in [4.69, 9.17) is 17.7 Å². The van der Waals surface area contributed by atoms with Crippen molar-refractivity contribution in [2.24, 2.45) is 0 Å². The van der Waals surface area contributed by atoms with Crippen molar-refractivity contribution in [1.29, 1.82) is 0 Å². The molecule has 0 bridgehead atoms. The molecule has 0 aliphatic carbocycles. The highest BCUT2D eigenvalue weighted by atomic mass is 28.4. The van der Waals surface area contributed by atoms with Gasteiger partial charge in [-0.2, -0.15) is 0 Å². The molecule has 0 amide bonds. The first-order valence-corrected chi connectivity index (χ1v) is 10.2. The molecule has 0 unspecified atom stereocenters. The molecule has 0 spiro atoms. The average Bonchev–Trinajstić information content (AvgIpc) is 3.22. The predicted octanol–water partition coefficient (Wildman–Crippen LogP) is 3.56. The van der Waals surface area contributed by atoms with E-state index in [-0.39, 0.29) is 0 Å². The molecule has 5 nitrogen and oxygen atoms in total. The zero-order chi connectivity index (χ0) is 15.8. The van der Waals surface area contributed by atoms with Gasteiger partial charge in [-0.05, 0) is 43.9 Å². The maximum absolute atomic E-state index is 6.15. The number of rotatable bonds is 10. The molecule has 22 heavy (non-hydrogen) atoms. The van der Waals surface area contributed by atoms with Crippen LogP contribution in [0, 0.1) is 0 Å². The fourth-order valence-electron chi connectivity index (χ4n) is 2.22. The van der Waals surface area contributed by atoms with Crippen molar-refractivity contribution in [2.45, 2.75) is 33.6 Å². The molecule has 0 atom stereocenters. The summed E-state index contributed by atoms with van der Waals surface area (Å²) in [7, 11) is -2.36. The molecule has 0 radical (unpaired) electrons. The Labute approximate surface area is 133 Å². The SMILES string of the molecule is CCN(CC)C[Si](C)(OCc1ccco1)OCc1ccco1. The van der Waals surface area contributed by atoms with Crippen molar-refractivity contribution in [3.63, 3.8) is 0 Å². The largest absolute Gasteiger partial charge is 0.467 e. The summed E-state index contributed by atoms with van der Waals surface area (Å²) in [6, 6.07) is 7.56. The van der Waals surface area contributed by atoms with Crippen LogP contribution >= 0.6 is 0 Å². The Bertz CT molecular complexity index is 470. The quantitative estimate of drug-likeness (QED) is 0.626. The molecule has 0 N–H and O–H groups in total. The van der Waals surface area contributed by atoms with Gasteiger partial charge in [-0.15, -0.1) is 0 Å². The second kappa shape index (κ2) is 8.33. The van der Waals surface area contributed by atoms with Crippen molar-refractivity contribution in [3.05, 3.63) is 48.3 Å². The maximum atomic E-state index is 6.15. The molecular weight excluding hydrogens is 298 g/mol. The van der Waals surface area contributed by atoms with Gasteiger partial charge in [0.2, 0.25) is 0 Å². The minimum atomic E-state index is -2.36. The first-order chi connectivity index (χ1) is 10.6. The zero-order valence-electron chi connectivity index (χ0n) is 13.6. The predicted molar refractivity (Wildman–Crippen MR) is 86.4 cm³/mol. The summed E-state index contributed by atoms with van der Waals surface area (Å²) in [5.74, 6) is 1.64. The Morgan fingerprint density at radius 1 is 0.955 bits per heavy atom. The highest BCUT2D eigenvalue weighted by Crippen LogP contribution is 2.16. The van der Waals surface area contributed by atoms with E-state index < -0.39 is 8.56 Å². The minimum absolute atomic E-state index is 0.440. The van der Waals surface area contributed by atoms with Crippen LogP contribution in [0.2, 0.25) is 6.55 Å². The molecule has 0 aliphatic rings. The second-order valence-corrected chi connectivity index (χ2v) is 8.49. The standard InChI is InChI=1S/C16H25NO4Si/c1-4-17(5-2)14-22(3,20-12-15-8-6-10-18-15)21-13-16-9-7-11-19-16/h6-11H,4-5,12-14H2,1-3H3. The van der Waals surface area contributed by atoms with Gasteiger partial charge in [0.15, 0.2) is 0 Å². The number of hydrogen-bond acceptors (Lipinski definition) is 5. The summed E-state index contributed by atoms with van der Waals surface area (Å²) in [5.41, 5.74) is 0. The Morgan fingerprint density at radius 3 is 1.82 bits per heavy atom. The smallest absolute Gasteiger partial charge is 0.350 e. The molecule has 6 heteroatoms. The zero-order valence-corrected chi connectivity index (χ0v) is 14.6.